The molecule has 22 heavy (non-hydrogen) atoms. The second-order valence-corrected chi connectivity index (χ2v) is 6.10. The number of hydrogen-bond acceptors (Lipinski definition) is 3. The Bertz CT molecular complexity index is 248. The van der Waals surface area contributed by atoms with Gasteiger partial charge in [0.05, 0.1) is 0 Å². The van der Waals surface area contributed by atoms with Crippen molar-refractivity contribution in [1.29, 1.82) is 0 Å². The molecule has 0 aliphatic rings. The van der Waals surface area contributed by atoms with Gasteiger partial charge in [-0.2, -0.15) is 0 Å². The summed E-state index contributed by atoms with van der Waals surface area (Å²) < 4.78 is 11.1. The Balaban J connectivity index is 4.03. The highest BCUT2D eigenvalue weighted by atomic mass is 16.7. The topological polar surface area (TPSA) is 21.7 Å². The van der Waals surface area contributed by atoms with Crippen LogP contribution < -0.4 is 0 Å². The van der Waals surface area contributed by atoms with Crippen molar-refractivity contribution in [2.75, 3.05) is 27.3 Å². The van der Waals surface area contributed by atoms with E-state index in [4.69, 9.17) is 9.47 Å². The average Bonchev–Trinajstić information content (AvgIpc) is 2.49. The van der Waals surface area contributed by atoms with E-state index >= 15 is 0 Å². The summed E-state index contributed by atoms with van der Waals surface area (Å²) in [7, 11) is 4.29. The molecule has 0 heterocycles. The maximum atomic E-state index is 5.57. The van der Waals surface area contributed by atoms with E-state index in [1.807, 2.05) is 13.8 Å². The molecule has 0 aromatic heterocycles. The van der Waals surface area contributed by atoms with Crippen molar-refractivity contribution in [2.24, 2.45) is 0 Å². The molecule has 0 amide bonds. The van der Waals surface area contributed by atoms with Crippen LogP contribution in [0.3, 0.4) is 0 Å². The Morgan fingerprint density at radius 2 is 1.32 bits per heavy atom. The summed E-state index contributed by atoms with van der Waals surface area (Å²) in [6.07, 6.45) is 14.9. The SMILES string of the molecule is CCCCCCCCCC(C=CC(OCC)OCC)N(C)C. The number of nitrogens with zero attached hydrogens (tertiary/aromatic N) is 1. The lowest BCUT2D eigenvalue weighted by molar-refractivity contribution is -0.104. The molecule has 1 atom stereocenters. The van der Waals surface area contributed by atoms with Crippen molar-refractivity contribution in [2.45, 2.75) is 84.5 Å². The standard InChI is InChI=1S/C19H39NO2/c1-6-9-10-11-12-13-14-15-18(20(4)5)16-17-19(21-7-2)22-8-3/h16-19H,6-15H2,1-5H3. The molecule has 1 unspecified atom stereocenters. The van der Waals surface area contributed by atoms with Gasteiger partial charge in [0.1, 0.15) is 0 Å². The zero-order valence-corrected chi connectivity index (χ0v) is 15.6. The van der Waals surface area contributed by atoms with E-state index in [1.165, 1.54) is 51.4 Å². The molecule has 0 aromatic carbocycles. The maximum absolute atomic E-state index is 5.57. The minimum atomic E-state index is -0.202. The van der Waals surface area contributed by atoms with Gasteiger partial charge in [0.25, 0.3) is 0 Å². The number of unbranched alkanes of at least 4 members (excludes halogenated alkanes) is 6. The van der Waals surface area contributed by atoms with Gasteiger partial charge in [0, 0.05) is 19.3 Å². The molecule has 0 aliphatic heterocycles. The molecule has 0 fully saturated rings. The van der Waals surface area contributed by atoms with Gasteiger partial charge in [-0.05, 0) is 40.4 Å². The number of rotatable bonds is 15. The van der Waals surface area contributed by atoms with Crippen LogP contribution in [-0.2, 0) is 9.47 Å². The van der Waals surface area contributed by atoms with Crippen LogP contribution in [0.5, 0.6) is 0 Å². The highest BCUT2D eigenvalue weighted by Gasteiger charge is 2.09. The summed E-state index contributed by atoms with van der Waals surface area (Å²) in [5.41, 5.74) is 0. The van der Waals surface area contributed by atoms with Crippen molar-refractivity contribution >= 4 is 0 Å². The summed E-state index contributed by atoms with van der Waals surface area (Å²) in [6, 6.07) is 0.471. The van der Waals surface area contributed by atoms with Gasteiger partial charge in [0.15, 0.2) is 6.29 Å². The fourth-order valence-electron chi connectivity index (χ4n) is 2.54. The summed E-state index contributed by atoms with van der Waals surface area (Å²) in [5, 5.41) is 0. The molecular formula is C19H39NO2. The molecule has 0 radical (unpaired) electrons. The minimum Gasteiger partial charge on any atom is -0.349 e. The van der Waals surface area contributed by atoms with E-state index in [0.717, 1.165) is 0 Å². The second kappa shape index (κ2) is 15.5. The molecule has 0 saturated carbocycles. The first-order chi connectivity index (χ1) is 10.7. The smallest absolute Gasteiger partial charge is 0.176 e. The first-order valence-corrected chi connectivity index (χ1v) is 9.23. The third kappa shape index (κ3) is 12.2. The van der Waals surface area contributed by atoms with Gasteiger partial charge in [0.2, 0.25) is 0 Å². The normalized spacial score (nSPS) is 13.6. The van der Waals surface area contributed by atoms with Crippen LogP contribution >= 0.6 is 0 Å². The van der Waals surface area contributed by atoms with E-state index in [9.17, 15) is 0 Å². The lowest BCUT2D eigenvalue weighted by atomic mass is 10.0. The van der Waals surface area contributed by atoms with Gasteiger partial charge in [-0.3, -0.25) is 0 Å². The van der Waals surface area contributed by atoms with Crippen LogP contribution in [0.15, 0.2) is 12.2 Å². The van der Waals surface area contributed by atoms with Gasteiger partial charge in [-0.25, -0.2) is 0 Å². The summed E-state index contributed by atoms with van der Waals surface area (Å²) in [6.45, 7) is 7.63. The van der Waals surface area contributed by atoms with Crippen LogP contribution in [0.4, 0.5) is 0 Å². The van der Waals surface area contributed by atoms with Gasteiger partial charge in [-0.1, -0.05) is 57.9 Å². The minimum absolute atomic E-state index is 0.202. The van der Waals surface area contributed by atoms with E-state index in [-0.39, 0.29) is 6.29 Å². The lowest BCUT2D eigenvalue weighted by Gasteiger charge is -2.22. The molecule has 132 valence electrons. The summed E-state index contributed by atoms with van der Waals surface area (Å²) >= 11 is 0. The molecule has 3 nitrogen and oxygen atoms in total. The zero-order chi connectivity index (χ0) is 16.6. The van der Waals surface area contributed by atoms with Gasteiger partial charge in [-0.15, -0.1) is 0 Å². The van der Waals surface area contributed by atoms with Crippen molar-refractivity contribution < 1.29 is 9.47 Å². The number of likely N-dealkylation sites (N-methyl/N-ethyl adjacent to an activating group) is 1. The predicted octanol–water partition coefficient (Wildman–Crippen LogP) is 5.01. The van der Waals surface area contributed by atoms with Crippen molar-refractivity contribution in [1.82, 2.24) is 4.90 Å². The predicted molar refractivity (Wildman–Crippen MR) is 96.3 cm³/mol. The summed E-state index contributed by atoms with van der Waals surface area (Å²) in [5.74, 6) is 0. The average molecular weight is 314 g/mol. The Hall–Kier alpha value is -0.380. The van der Waals surface area contributed by atoms with Gasteiger partial charge >= 0.3 is 0 Å². The van der Waals surface area contributed by atoms with E-state index in [0.29, 0.717) is 19.3 Å². The zero-order valence-electron chi connectivity index (χ0n) is 15.6. The Kier molecular flexibility index (Phi) is 15.2. The fraction of sp³-hybridized carbons (Fsp3) is 0.895. The Morgan fingerprint density at radius 1 is 0.773 bits per heavy atom. The molecule has 0 bridgehead atoms. The molecule has 0 spiro atoms. The van der Waals surface area contributed by atoms with E-state index in [2.05, 4.69) is 38.1 Å². The second-order valence-electron chi connectivity index (χ2n) is 6.10. The fourth-order valence-corrected chi connectivity index (χ4v) is 2.54. The monoisotopic (exact) mass is 313 g/mol. The Morgan fingerprint density at radius 3 is 1.82 bits per heavy atom. The van der Waals surface area contributed by atoms with Crippen LogP contribution in [-0.4, -0.2) is 44.5 Å². The molecule has 0 saturated heterocycles. The lowest BCUT2D eigenvalue weighted by Crippen LogP contribution is -2.26. The van der Waals surface area contributed by atoms with Crippen LogP contribution in [0.1, 0.15) is 72.1 Å². The number of ether oxygens (including phenoxy) is 2. The maximum Gasteiger partial charge on any atom is 0.176 e. The molecular weight excluding hydrogens is 274 g/mol. The third-order valence-electron chi connectivity index (χ3n) is 3.92. The van der Waals surface area contributed by atoms with Crippen LogP contribution in [0.2, 0.25) is 0 Å². The number of hydrogen-bond donors (Lipinski definition) is 0. The van der Waals surface area contributed by atoms with E-state index in [1.54, 1.807) is 0 Å². The third-order valence-corrected chi connectivity index (χ3v) is 3.92. The molecule has 3 heteroatoms. The van der Waals surface area contributed by atoms with Crippen LogP contribution in [0, 0.1) is 0 Å². The van der Waals surface area contributed by atoms with Gasteiger partial charge < -0.3 is 14.4 Å². The molecule has 0 aliphatic carbocycles. The van der Waals surface area contributed by atoms with Crippen molar-refractivity contribution in [3.8, 4) is 0 Å². The van der Waals surface area contributed by atoms with E-state index < -0.39 is 0 Å². The first-order valence-electron chi connectivity index (χ1n) is 9.23. The highest BCUT2D eigenvalue weighted by molar-refractivity contribution is 4.95. The first kappa shape index (κ1) is 21.6. The molecule has 0 rings (SSSR count). The van der Waals surface area contributed by atoms with Crippen molar-refractivity contribution in [3.63, 3.8) is 0 Å². The molecule has 0 aromatic rings. The highest BCUT2D eigenvalue weighted by Crippen LogP contribution is 2.13. The quantitative estimate of drug-likeness (QED) is 0.241. The Labute approximate surface area is 139 Å². The molecule has 0 N–H and O–H groups in total. The largest absolute Gasteiger partial charge is 0.349 e. The summed E-state index contributed by atoms with van der Waals surface area (Å²) in [4.78, 5) is 2.28. The van der Waals surface area contributed by atoms with Crippen molar-refractivity contribution in [3.05, 3.63) is 12.2 Å². The van der Waals surface area contributed by atoms with Crippen LogP contribution in [0.25, 0.3) is 0 Å².